The first kappa shape index (κ1) is 21.5. The Balaban J connectivity index is 1.54. The number of nitrogens with zero attached hydrogens (tertiary/aromatic N) is 2. The first-order valence-electron chi connectivity index (χ1n) is 9.90. The number of hydrogen-bond acceptors (Lipinski definition) is 6. The van der Waals surface area contributed by atoms with Crippen molar-refractivity contribution in [2.24, 2.45) is 0 Å². The minimum Gasteiger partial charge on any atom is -0.497 e. The molecular formula is C22H23N3O4S2. The number of carbonyl (C=O) groups is 1. The zero-order valence-electron chi connectivity index (χ0n) is 17.3. The summed E-state index contributed by atoms with van der Waals surface area (Å²) in [7, 11) is -1.98. The first-order chi connectivity index (χ1) is 14.9. The van der Waals surface area contributed by atoms with Crippen molar-refractivity contribution in [2.45, 2.75) is 24.7 Å². The number of anilines is 1. The normalized spacial score (nSPS) is 14.5. The molecule has 0 saturated carbocycles. The lowest BCUT2D eigenvalue weighted by atomic mass is 10.1. The van der Waals surface area contributed by atoms with E-state index in [9.17, 15) is 13.2 Å². The second kappa shape index (κ2) is 8.78. The number of rotatable bonds is 6. The molecule has 2 heterocycles. The van der Waals surface area contributed by atoms with Crippen molar-refractivity contribution in [1.29, 1.82) is 0 Å². The van der Waals surface area contributed by atoms with Crippen LogP contribution >= 0.6 is 11.3 Å². The summed E-state index contributed by atoms with van der Waals surface area (Å²) in [6, 6.07) is 12.2. The third kappa shape index (κ3) is 4.48. The van der Waals surface area contributed by atoms with Crippen LogP contribution in [0.4, 0.5) is 5.13 Å². The van der Waals surface area contributed by atoms with Crippen LogP contribution in [0.2, 0.25) is 0 Å². The Bertz CT molecular complexity index is 1200. The molecule has 0 atom stereocenters. The number of benzene rings is 2. The van der Waals surface area contributed by atoms with Crippen molar-refractivity contribution < 1.29 is 17.9 Å². The fraction of sp³-hybridized carbons (Fsp3) is 0.273. The van der Waals surface area contributed by atoms with Gasteiger partial charge in [0.15, 0.2) is 5.13 Å². The molecule has 1 aromatic heterocycles. The minimum atomic E-state index is -3.59. The van der Waals surface area contributed by atoms with Gasteiger partial charge in [0.2, 0.25) is 10.0 Å². The molecule has 1 saturated heterocycles. The van der Waals surface area contributed by atoms with Crippen LogP contribution in [0.5, 0.6) is 5.75 Å². The number of ether oxygens (including phenoxy) is 1. The molecule has 162 valence electrons. The number of nitrogens with one attached hydrogen (secondary N) is 1. The molecular weight excluding hydrogens is 434 g/mol. The van der Waals surface area contributed by atoms with E-state index >= 15 is 0 Å². The molecule has 0 spiro atoms. The second-order valence-corrected chi connectivity index (χ2v) is 10.1. The van der Waals surface area contributed by atoms with E-state index in [0.717, 1.165) is 29.8 Å². The summed E-state index contributed by atoms with van der Waals surface area (Å²) in [5.74, 6) is 0.373. The van der Waals surface area contributed by atoms with Crippen LogP contribution < -0.4 is 10.1 Å². The Hall–Kier alpha value is -2.75. The van der Waals surface area contributed by atoms with Gasteiger partial charge in [-0.2, -0.15) is 4.31 Å². The highest BCUT2D eigenvalue weighted by Gasteiger charge is 2.28. The molecule has 2 aromatic carbocycles. The summed E-state index contributed by atoms with van der Waals surface area (Å²) >= 11 is 1.31. The summed E-state index contributed by atoms with van der Waals surface area (Å²) in [5, 5.41) is 5.10. The van der Waals surface area contributed by atoms with Gasteiger partial charge >= 0.3 is 0 Å². The number of methoxy groups -OCH3 is 1. The smallest absolute Gasteiger partial charge is 0.257 e. The van der Waals surface area contributed by atoms with Gasteiger partial charge < -0.3 is 4.74 Å². The molecule has 1 aliphatic rings. The van der Waals surface area contributed by atoms with Gasteiger partial charge in [0.25, 0.3) is 5.91 Å². The summed E-state index contributed by atoms with van der Waals surface area (Å²) < 4.78 is 32.4. The van der Waals surface area contributed by atoms with Crippen LogP contribution in [0.1, 0.15) is 28.8 Å². The molecule has 3 aromatic rings. The molecule has 1 amide bonds. The Morgan fingerprint density at radius 2 is 1.84 bits per heavy atom. The maximum absolute atomic E-state index is 12.9. The highest BCUT2D eigenvalue weighted by atomic mass is 32.2. The van der Waals surface area contributed by atoms with E-state index in [1.807, 2.05) is 29.6 Å². The average molecular weight is 458 g/mol. The molecule has 1 aliphatic heterocycles. The molecule has 0 radical (unpaired) electrons. The molecule has 31 heavy (non-hydrogen) atoms. The van der Waals surface area contributed by atoms with E-state index in [2.05, 4.69) is 10.3 Å². The molecule has 1 N–H and O–H groups in total. The van der Waals surface area contributed by atoms with Crippen molar-refractivity contribution >= 4 is 32.4 Å². The predicted molar refractivity (Wildman–Crippen MR) is 121 cm³/mol. The van der Waals surface area contributed by atoms with Crippen LogP contribution in [0.3, 0.4) is 0 Å². The lowest BCUT2D eigenvalue weighted by Crippen LogP contribution is -2.28. The highest BCUT2D eigenvalue weighted by Crippen LogP contribution is 2.28. The van der Waals surface area contributed by atoms with Crippen molar-refractivity contribution in [3.05, 3.63) is 59.0 Å². The van der Waals surface area contributed by atoms with Crippen LogP contribution in [0.25, 0.3) is 11.3 Å². The van der Waals surface area contributed by atoms with Crippen molar-refractivity contribution in [1.82, 2.24) is 9.29 Å². The zero-order valence-corrected chi connectivity index (χ0v) is 18.9. The third-order valence-corrected chi connectivity index (χ3v) is 7.92. The number of amides is 1. The molecule has 4 rings (SSSR count). The van der Waals surface area contributed by atoms with Crippen molar-refractivity contribution in [2.75, 3.05) is 25.5 Å². The molecule has 1 fully saturated rings. The first-order valence-corrected chi connectivity index (χ1v) is 12.2. The van der Waals surface area contributed by atoms with Gasteiger partial charge in [-0.1, -0.05) is 6.07 Å². The maximum Gasteiger partial charge on any atom is 0.257 e. The van der Waals surface area contributed by atoms with E-state index in [1.165, 1.54) is 21.7 Å². The number of aromatic nitrogens is 1. The largest absolute Gasteiger partial charge is 0.497 e. The summed E-state index contributed by atoms with van der Waals surface area (Å²) in [6.07, 6.45) is 1.72. The summed E-state index contributed by atoms with van der Waals surface area (Å²) in [4.78, 5) is 17.5. The quantitative estimate of drug-likeness (QED) is 0.600. The average Bonchev–Trinajstić information content (AvgIpc) is 3.47. The molecule has 9 heteroatoms. The SMILES string of the molecule is COc1ccc(-c2csc(NC(=O)c3cc(S(=O)(=O)N4CCCC4)ccc3C)n2)cc1. The van der Waals surface area contributed by atoms with Gasteiger partial charge in [0.1, 0.15) is 5.75 Å². The van der Waals surface area contributed by atoms with Crippen LogP contribution in [0, 0.1) is 6.92 Å². The van der Waals surface area contributed by atoms with Gasteiger partial charge in [0.05, 0.1) is 17.7 Å². The molecule has 0 aliphatic carbocycles. The van der Waals surface area contributed by atoms with E-state index in [1.54, 1.807) is 26.2 Å². The Morgan fingerprint density at radius 1 is 1.13 bits per heavy atom. The topological polar surface area (TPSA) is 88.6 Å². The van der Waals surface area contributed by atoms with E-state index in [4.69, 9.17) is 4.74 Å². The second-order valence-electron chi connectivity index (χ2n) is 7.31. The van der Waals surface area contributed by atoms with Crippen molar-refractivity contribution in [3.63, 3.8) is 0 Å². The number of carbonyl (C=O) groups excluding carboxylic acids is 1. The van der Waals surface area contributed by atoms with E-state index in [0.29, 0.717) is 29.3 Å². The predicted octanol–water partition coefficient (Wildman–Crippen LogP) is 4.16. The highest BCUT2D eigenvalue weighted by molar-refractivity contribution is 7.89. The minimum absolute atomic E-state index is 0.142. The molecule has 0 bridgehead atoms. The maximum atomic E-state index is 12.9. The van der Waals surface area contributed by atoms with Gasteiger partial charge in [-0.05, 0) is 61.7 Å². The van der Waals surface area contributed by atoms with Crippen LogP contribution in [0.15, 0.2) is 52.7 Å². The van der Waals surface area contributed by atoms with Crippen LogP contribution in [-0.2, 0) is 10.0 Å². The van der Waals surface area contributed by atoms with Crippen molar-refractivity contribution in [3.8, 4) is 17.0 Å². The lowest BCUT2D eigenvalue weighted by Gasteiger charge is -2.16. The molecule has 0 unspecified atom stereocenters. The Labute approximate surface area is 185 Å². The van der Waals surface area contributed by atoms with Gasteiger partial charge in [-0.25, -0.2) is 13.4 Å². The van der Waals surface area contributed by atoms with Crippen LogP contribution in [-0.4, -0.2) is 43.8 Å². The van der Waals surface area contributed by atoms with E-state index < -0.39 is 10.0 Å². The third-order valence-electron chi connectivity index (χ3n) is 5.27. The summed E-state index contributed by atoms with van der Waals surface area (Å²) in [6.45, 7) is 2.82. The monoisotopic (exact) mass is 457 g/mol. The fourth-order valence-corrected chi connectivity index (χ4v) is 5.73. The summed E-state index contributed by atoms with van der Waals surface area (Å²) in [5.41, 5.74) is 2.67. The van der Waals surface area contributed by atoms with Gasteiger partial charge in [-0.15, -0.1) is 11.3 Å². The Morgan fingerprint density at radius 3 is 2.52 bits per heavy atom. The fourth-order valence-electron chi connectivity index (χ4n) is 3.47. The van der Waals surface area contributed by atoms with E-state index in [-0.39, 0.29) is 10.8 Å². The number of sulfonamides is 1. The molecule has 7 nitrogen and oxygen atoms in total. The zero-order chi connectivity index (χ0) is 22.0. The lowest BCUT2D eigenvalue weighted by molar-refractivity contribution is 0.102. The van der Waals surface area contributed by atoms with Gasteiger partial charge in [-0.3, -0.25) is 10.1 Å². The Kier molecular flexibility index (Phi) is 6.08. The number of thiazole rings is 1. The number of hydrogen-bond donors (Lipinski definition) is 1. The number of aryl methyl sites for hydroxylation is 1. The standard InChI is InChI=1S/C22H23N3O4S2/c1-15-5-10-18(31(27,28)25-11-3-4-12-25)13-19(15)21(26)24-22-23-20(14-30-22)16-6-8-17(29-2)9-7-16/h5-10,13-14H,3-4,11-12H2,1-2H3,(H,23,24,26). The van der Waals surface area contributed by atoms with Gasteiger partial charge in [0, 0.05) is 29.6 Å².